The molecule has 1 rings (SSSR count). The Morgan fingerprint density at radius 3 is 2.80 bits per heavy atom. The minimum atomic E-state index is 0.384. The van der Waals surface area contributed by atoms with Crippen LogP contribution in [0.1, 0.15) is 0 Å². The van der Waals surface area contributed by atoms with Crippen LogP contribution in [0, 0.1) is 0 Å². The van der Waals surface area contributed by atoms with Gasteiger partial charge in [0.15, 0.2) is 6.79 Å². The quantitative estimate of drug-likeness (QED) is 0.246. The highest BCUT2D eigenvalue weighted by Crippen LogP contribution is 2.07. The van der Waals surface area contributed by atoms with Crippen LogP contribution in [0.5, 0.6) is 0 Å². The first-order valence-electron chi connectivity index (χ1n) is 2.97. The van der Waals surface area contributed by atoms with E-state index in [0.29, 0.717) is 12.7 Å². The van der Waals surface area contributed by atoms with Crippen LogP contribution < -0.4 is 0 Å². The summed E-state index contributed by atoms with van der Waals surface area (Å²) in [7, 11) is 0. The molecule has 1 aliphatic rings. The molecule has 0 spiro atoms. The van der Waals surface area contributed by atoms with Crippen molar-refractivity contribution in [3.8, 4) is 0 Å². The number of carbonyl (C=O) groups excluding carboxylic acids is 1. The predicted molar refractivity (Wildman–Crippen MR) is 37.5 cm³/mol. The zero-order valence-corrected chi connectivity index (χ0v) is 5.79. The van der Waals surface area contributed by atoms with Gasteiger partial charge < -0.3 is 9.47 Å². The van der Waals surface area contributed by atoms with Crippen LogP contribution in [0.3, 0.4) is 0 Å². The SMILES string of the molecule is C=CCOCC1CO1.[CH]=O. The van der Waals surface area contributed by atoms with Crippen molar-refractivity contribution in [2.75, 3.05) is 19.8 Å². The summed E-state index contributed by atoms with van der Waals surface area (Å²) in [6, 6.07) is 0. The minimum Gasteiger partial charge on any atom is -0.375 e. The molecule has 0 aromatic heterocycles. The lowest BCUT2D eigenvalue weighted by atomic mass is 10.5. The van der Waals surface area contributed by atoms with Gasteiger partial charge in [-0.3, -0.25) is 4.79 Å². The third kappa shape index (κ3) is 5.47. The van der Waals surface area contributed by atoms with Crippen LogP contribution >= 0.6 is 0 Å². The Balaban J connectivity index is 0.000000371. The summed E-state index contributed by atoms with van der Waals surface area (Å²) in [5.74, 6) is 0. The van der Waals surface area contributed by atoms with Gasteiger partial charge in [0.05, 0.1) is 19.8 Å². The Labute approximate surface area is 60.6 Å². The number of epoxide rings is 1. The number of ether oxygens (including phenoxy) is 2. The molecule has 1 atom stereocenters. The maximum atomic E-state index is 7.75. The van der Waals surface area contributed by atoms with Crippen LogP contribution in [0.2, 0.25) is 0 Å². The van der Waals surface area contributed by atoms with E-state index in [0.717, 1.165) is 13.2 Å². The van der Waals surface area contributed by atoms with Gasteiger partial charge in [-0.1, -0.05) is 6.08 Å². The van der Waals surface area contributed by atoms with Gasteiger partial charge in [-0.25, -0.2) is 0 Å². The van der Waals surface area contributed by atoms with Crippen molar-refractivity contribution in [1.82, 2.24) is 0 Å². The summed E-state index contributed by atoms with van der Waals surface area (Å²) in [6.07, 6.45) is 2.12. The Bertz CT molecular complexity index is 88.9. The van der Waals surface area contributed by atoms with Crippen LogP contribution in [0.4, 0.5) is 0 Å². The van der Waals surface area contributed by atoms with E-state index in [-0.39, 0.29) is 0 Å². The van der Waals surface area contributed by atoms with Crippen molar-refractivity contribution in [2.45, 2.75) is 6.10 Å². The summed E-state index contributed by atoms with van der Waals surface area (Å²) >= 11 is 0. The topological polar surface area (TPSA) is 38.8 Å². The Morgan fingerprint density at radius 2 is 2.40 bits per heavy atom. The van der Waals surface area contributed by atoms with E-state index in [4.69, 9.17) is 14.3 Å². The molecule has 1 heterocycles. The molecule has 1 saturated heterocycles. The highest BCUT2D eigenvalue weighted by atomic mass is 16.6. The fraction of sp³-hybridized carbons (Fsp3) is 0.571. The third-order valence-corrected chi connectivity index (χ3v) is 0.942. The van der Waals surface area contributed by atoms with Crippen LogP contribution in [-0.2, 0) is 14.3 Å². The molecule has 0 aromatic carbocycles. The molecule has 0 aromatic rings. The fourth-order valence-corrected chi connectivity index (χ4v) is 0.447. The Kier molecular flexibility index (Phi) is 6.02. The second kappa shape index (κ2) is 6.45. The molecule has 57 valence electrons. The molecule has 0 aliphatic carbocycles. The average Bonchev–Trinajstić information content (AvgIpc) is 2.77. The molecular weight excluding hydrogens is 132 g/mol. The van der Waals surface area contributed by atoms with Crippen molar-refractivity contribution in [2.24, 2.45) is 0 Å². The van der Waals surface area contributed by atoms with Crippen molar-refractivity contribution in [3.63, 3.8) is 0 Å². The molecule has 0 saturated carbocycles. The van der Waals surface area contributed by atoms with Gasteiger partial charge in [0.2, 0.25) is 0 Å². The van der Waals surface area contributed by atoms with Crippen LogP contribution in [-0.4, -0.2) is 32.7 Å². The second-order valence-corrected chi connectivity index (χ2v) is 1.78. The first-order valence-corrected chi connectivity index (χ1v) is 2.97. The van der Waals surface area contributed by atoms with E-state index in [1.54, 1.807) is 6.08 Å². The fourth-order valence-electron chi connectivity index (χ4n) is 0.447. The lowest BCUT2D eigenvalue weighted by Gasteiger charge is -1.92. The second-order valence-electron chi connectivity index (χ2n) is 1.78. The largest absolute Gasteiger partial charge is 0.375 e. The summed E-state index contributed by atoms with van der Waals surface area (Å²) < 4.78 is 9.96. The van der Waals surface area contributed by atoms with Gasteiger partial charge in [0, 0.05) is 0 Å². The summed E-state index contributed by atoms with van der Waals surface area (Å²) in [5.41, 5.74) is 0. The van der Waals surface area contributed by atoms with Gasteiger partial charge in [-0.15, -0.1) is 6.58 Å². The molecular formula is C7H11O3. The van der Waals surface area contributed by atoms with Crippen LogP contribution in [0.15, 0.2) is 12.7 Å². The molecule has 1 aliphatic heterocycles. The maximum absolute atomic E-state index is 7.75. The number of rotatable bonds is 4. The first-order chi connectivity index (χ1) is 4.93. The third-order valence-electron chi connectivity index (χ3n) is 0.942. The van der Waals surface area contributed by atoms with E-state index < -0.39 is 0 Å². The standard InChI is InChI=1S/C6H10O2.CHO/c1-2-3-7-4-6-5-8-6;1-2/h2,6H,1,3-5H2;1H. The molecule has 10 heavy (non-hydrogen) atoms. The predicted octanol–water partition coefficient (Wildman–Crippen LogP) is 0.314. The monoisotopic (exact) mass is 143 g/mol. The molecule has 0 amide bonds. The molecule has 1 unspecified atom stereocenters. The highest BCUT2D eigenvalue weighted by Gasteiger charge is 2.21. The van der Waals surface area contributed by atoms with Gasteiger partial charge >= 0.3 is 0 Å². The lowest BCUT2D eigenvalue weighted by Crippen LogP contribution is -2.00. The van der Waals surface area contributed by atoms with E-state index in [2.05, 4.69) is 13.4 Å². The zero-order valence-electron chi connectivity index (χ0n) is 5.79. The van der Waals surface area contributed by atoms with E-state index >= 15 is 0 Å². The van der Waals surface area contributed by atoms with E-state index in [1.165, 1.54) is 0 Å². The van der Waals surface area contributed by atoms with Crippen molar-refractivity contribution in [3.05, 3.63) is 12.7 Å². The van der Waals surface area contributed by atoms with Gasteiger partial charge in [-0.05, 0) is 0 Å². The molecule has 0 N–H and O–H groups in total. The minimum absolute atomic E-state index is 0.384. The van der Waals surface area contributed by atoms with Crippen LogP contribution in [0.25, 0.3) is 0 Å². The molecule has 1 radical (unpaired) electrons. The highest BCUT2D eigenvalue weighted by molar-refractivity contribution is 5.12. The summed E-state index contributed by atoms with van der Waals surface area (Å²) in [6.45, 7) is 9.00. The van der Waals surface area contributed by atoms with Gasteiger partial charge in [0.25, 0.3) is 0 Å². The average molecular weight is 143 g/mol. The molecule has 0 bridgehead atoms. The Hall–Kier alpha value is -0.670. The first kappa shape index (κ1) is 9.33. The van der Waals surface area contributed by atoms with E-state index in [9.17, 15) is 0 Å². The van der Waals surface area contributed by atoms with Crippen molar-refractivity contribution >= 4 is 6.79 Å². The summed E-state index contributed by atoms with van der Waals surface area (Å²) in [4.78, 5) is 7.75. The Morgan fingerprint density at radius 1 is 1.80 bits per heavy atom. The summed E-state index contributed by atoms with van der Waals surface area (Å²) in [5, 5.41) is 0. The molecule has 1 fully saturated rings. The van der Waals surface area contributed by atoms with Gasteiger partial charge in [0.1, 0.15) is 6.10 Å². The normalized spacial score (nSPS) is 20.6. The van der Waals surface area contributed by atoms with Crippen molar-refractivity contribution < 1.29 is 14.3 Å². The lowest BCUT2D eigenvalue weighted by molar-refractivity contribution is 0.141. The van der Waals surface area contributed by atoms with E-state index in [1.807, 2.05) is 0 Å². The van der Waals surface area contributed by atoms with Gasteiger partial charge in [-0.2, -0.15) is 0 Å². The number of hydrogen-bond acceptors (Lipinski definition) is 3. The molecule has 3 nitrogen and oxygen atoms in total. The van der Waals surface area contributed by atoms with Crippen molar-refractivity contribution in [1.29, 1.82) is 0 Å². The smallest absolute Gasteiger partial charge is 0.182 e. The number of hydrogen-bond donors (Lipinski definition) is 0. The molecule has 3 heteroatoms. The zero-order chi connectivity index (χ0) is 7.82. The maximum Gasteiger partial charge on any atom is 0.182 e.